The van der Waals surface area contributed by atoms with Crippen molar-refractivity contribution in [3.63, 3.8) is 0 Å². The molecule has 0 aromatic heterocycles. The molecular formula is C18H13Br2NO3S. The van der Waals surface area contributed by atoms with Crippen molar-refractivity contribution in [2.45, 2.75) is 0 Å². The summed E-state index contributed by atoms with van der Waals surface area (Å²) in [7, 11) is 0. The average molecular weight is 483 g/mol. The van der Waals surface area contributed by atoms with Crippen LogP contribution in [0.2, 0.25) is 0 Å². The van der Waals surface area contributed by atoms with Crippen LogP contribution in [0.5, 0.6) is 5.75 Å². The maximum absolute atomic E-state index is 12.4. The molecule has 0 aliphatic carbocycles. The first-order valence-electron chi connectivity index (χ1n) is 7.42. The molecule has 3 rings (SSSR count). The van der Waals surface area contributed by atoms with Crippen molar-refractivity contribution in [2.75, 3.05) is 13.2 Å². The fraction of sp³-hybridized carbons (Fsp3) is 0.111. The van der Waals surface area contributed by atoms with Crippen molar-refractivity contribution in [3.05, 3.63) is 67.9 Å². The zero-order chi connectivity index (χ0) is 17.8. The third kappa shape index (κ3) is 4.74. The Bertz CT molecular complexity index is 819. The molecule has 2 aromatic carbocycles. The van der Waals surface area contributed by atoms with Gasteiger partial charge < -0.3 is 4.74 Å². The number of ether oxygens (including phenoxy) is 1. The molecule has 1 heterocycles. The van der Waals surface area contributed by atoms with Crippen molar-refractivity contribution in [1.29, 1.82) is 0 Å². The molecule has 2 amide bonds. The second-order valence-electron chi connectivity index (χ2n) is 5.19. The summed E-state index contributed by atoms with van der Waals surface area (Å²) in [6, 6.07) is 14.9. The van der Waals surface area contributed by atoms with E-state index in [1.165, 1.54) is 4.90 Å². The molecule has 1 fully saturated rings. The summed E-state index contributed by atoms with van der Waals surface area (Å²) in [5.74, 6) is 0.415. The molecule has 0 atom stereocenters. The number of imide groups is 1. The molecule has 0 N–H and O–H groups in total. The monoisotopic (exact) mass is 481 g/mol. The van der Waals surface area contributed by atoms with Gasteiger partial charge in [-0.25, -0.2) is 0 Å². The summed E-state index contributed by atoms with van der Waals surface area (Å²) in [6.07, 6.45) is 1.73. The highest BCUT2D eigenvalue weighted by Crippen LogP contribution is 2.32. The van der Waals surface area contributed by atoms with Crippen LogP contribution in [-0.2, 0) is 4.79 Å². The Morgan fingerprint density at radius 3 is 2.20 bits per heavy atom. The first-order chi connectivity index (χ1) is 12.0. The third-order valence-corrected chi connectivity index (χ3v) is 5.40. The van der Waals surface area contributed by atoms with Gasteiger partial charge in [0.15, 0.2) is 0 Å². The molecule has 25 heavy (non-hydrogen) atoms. The minimum absolute atomic E-state index is 0.221. The van der Waals surface area contributed by atoms with E-state index >= 15 is 0 Å². The summed E-state index contributed by atoms with van der Waals surface area (Å²) in [5.41, 5.74) is 0.875. The lowest BCUT2D eigenvalue weighted by atomic mass is 10.2. The quantitative estimate of drug-likeness (QED) is 0.540. The summed E-state index contributed by atoms with van der Waals surface area (Å²) in [6.45, 7) is 0.476. The van der Waals surface area contributed by atoms with E-state index in [1.54, 1.807) is 6.08 Å². The molecule has 0 radical (unpaired) electrons. The molecule has 1 saturated heterocycles. The molecule has 128 valence electrons. The topological polar surface area (TPSA) is 46.6 Å². The van der Waals surface area contributed by atoms with E-state index in [9.17, 15) is 9.59 Å². The Labute approximate surface area is 166 Å². The van der Waals surface area contributed by atoms with Crippen LogP contribution in [0.15, 0.2) is 62.4 Å². The van der Waals surface area contributed by atoms with Crippen molar-refractivity contribution >= 4 is 60.8 Å². The summed E-state index contributed by atoms with van der Waals surface area (Å²) < 4.78 is 7.51. The lowest BCUT2D eigenvalue weighted by molar-refractivity contribution is -0.123. The minimum Gasteiger partial charge on any atom is -0.492 e. The van der Waals surface area contributed by atoms with Gasteiger partial charge in [0.05, 0.1) is 11.4 Å². The maximum atomic E-state index is 12.4. The number of amides is 2. The lowest BCUT2D eigenvalue weighted by Gasteiger charge is -2.13. The third-order valence-electron chi connectivity index (χ3n) is 3.44. The molecule has 7 heteroatoms. The van der Waals surface area contributed by atoms with E-state index in [0.29, 0.717) is 10.7 Å². The second-order valence-corrected chi connectivity index (χ2v) is 8.01. The highest BCUT2D eigenvalue weighted by molar-refractivity contribution is 9.10. The smallest absolute Gasteiger partial charge is 0.293 e. The number of halogens is 2. The molecule has 4 nitrogen and oxygen atoms in total. The van der Waals surface area contributed by atoms with E-state index in [-0.39, 0.29) is 24.3 Å². The fourth-order valence-electron chi connectivity index (χ4n) is 2.19. The van der Waals surface area contributed by atoms with Crippen LogP contribution in [0.25, 0.3) is 6.08 Å². The van der Waals surface area contributed by atoms with Gasteiger partial charge in [0.2, 0.25) is 0 Å². The lowest BCUT2D eigenvalue weighted by Crippen LogP contribution is -2.32. The summed E-state index contributed by atoms with van der Waals surface area (Å²) in [5, 5.41) is -0.271. The van der Waals surface area contributed by atoms with Gasteiger partial charge in [0.1, 0.15) is 12.4 Å². The van der Waals surface area contributed by atoms with Crippen LogP contribution >= 0.6 is 43.6 Å². The first kappa shape index (κ1) is 18.2. The van der Waals surface area contributed by atoms with Crippen LogP contribution < -0.4 is 4.74 Å². The van der Waals surface area contributed by atoms with Gasteiger partial charge in [0.25, 0.3) is 11.1 Å². The van der Waals surface area contributed by atoms with Crippen LogP contribution in [0.3, 0.4) is 0 Å². The zero-order valence-corrected chi connectivity index (χ0v) is 16.9. The molecule has 2 aromatic rings. The van der Waals surface area contributed by atoms with Crippen LogP contribution in [-0.4, -0.2) is 29.2 Å². The minimum atomic E-state index is -0.280. The van der Waals surface area contributed by atoms with Gasteiger partial charge in [-0.1, -0.05) is 44.0 Å². The Morgan fingerprint density at radius 1 is 0.960 bits per heavy atom. The normalized spacial score (nSPS) is 15.9. The van der Waals surface area contributed by atoms with E-state index in [0.717, 1.165) is 26.3 Å². The molecule has 1 aliphatic heterocycles. The Morgan fingerprint density at radius 2 is 1.56 bits per heavy atom. The highest BCUT2D eigenvalue weighted by Gasteiger charge is 2.34. The highest BCUT2D eigenvalue weighted by atomic mass is 79.9. The molecule has 0 saturated carbocycles. The Balaban J connectivity index is 1.61. The number of nitrogens with zero attached hydrogens (tertiary/aromatic N) is 1. The predicted molar refractivity (Wildman–Crippen MR) is 106 cm³/mol. The Kier molecular flexibility index (Phi) is 5.98. The molecular weight excluding hydrogens is 470 g/mol. The summed E-state index contributed by atoms with van der Waals surface area (Å²) >= 11 is 7.68. The SMILES string of the molecule is O=C1SC(=Cc2ccc(Br)cc2)C(=O)N1CCOc1ccc(Br)cc1. The fourth-order valence-corrected chi connectivity index (χ4v) is 3.58. The number of rotatable bonds is 5. The second kappa shape index (κ2) is 8.21. The molecule has 0 bridgehead atoms. The first-order valence-corrected chi connectivity index (χ1v) is 9.82. The zero-order valence-electron chi connectivity index (χ0n) is 12.9. The van der Waals surface area contributed by atoms with E-state index in [4.69, 9.17) is 4.74 Å². The van der Waals surface area contributed by atoms with Gasteiger partial charge in [-0.05, 0) is 59.8 Å². The Hall–Kier alpha value is -1.57. The van der Waals surface area contributed by atoms with Crippen molar-refractivity contribution in [3.8, 4) is 5.75 Å². The number of carbonyl (C=O) groups is 2. The number of hydrogen-bond donors (Lipinski definition) is 0. The van der Waals surface area contributed by atoms with Gasteiger partial charge in [-0.15, -0.1) is 0 Å². The average Bonchev–Trinajstić information content (AvgIpc) is 2.86. The standard InChI is InChI=1S/C18H13Br2NO3S/c19-13-3-1-12(2-4-13)11-16-17(22)21(18(23)25-16)9-10-24-15-7-5-14(20)6-8-15/h1-8,11H,9-10H2. The van der Waals surface area contributed by atoms with Gasteiger partial charge >= 0.3 is 0 Å². The van der Waals surface area contributed by atoms with Crippen molar-refractivity contribution < 1.29 is 14.3 Å². The predicted octanol–water partition coefficient (Wildman–Crippen LogP) is 5.33. The van der Waals surface area contributed by atoms with Crippen molar-refractivity contribution in [1.82, 2.24) is 4.90 Å². The number of hydrogen-bond acceptors (Lipinski definition) is 4. The summed E-state index contributed by atoms with van der Waals surface area (Å²) in [4.78, 5) is 26.1. The number of carbonyl (C=O) groups excluding carboxylic acids is 2. The molecule has 0 unspecified atom stereocenters. The largest absolute Gasteiger partial charge is 0.492 e. The van der Waals surface area contributed by atoms with Crippen LogP contribution in [0, 0.1) is 0 Å². The maximum Gasteiger partial charge on any atom is 0.293 e. The van der Waals surface area contributed by atoms with Gasteiger partial charge in [-0.2, -0.15) is 0 Å². The van der Waals surface area contributed by atoms with Crippen LogP contribution in [0.1, 0.15) is 5.56 Å². The molecule has 1 aliphatic rings. The van der Waals surface area contributed by atoms with E-state index in [1.807, 2.05) is 48.5 Å². The van der Waals surface area contributed by atoms with Gasteiger partial charge in [0, 0.05) is 8.95 Å². The van der Waals surface area contributed by atoms with Crippen molar-refractivity contribution in [2.24, 2.45) is 0 Å². The van der Waals surface area contributed by atoms with E-state index < -0.39 is 0 Å². The van der Waals surface area contributed by atoms with Gasteiger partial charge in [-0.3, -0.25) is 14.5 Å². The van der Waals surface area contributed by atoms with Crippen LogP contribution in [0.4, 0.5) is 4.79 Å². The molecule has 0 spiro atoms. The number of thioether (sulfide) groups is 1. The number of benzene rings is 2. The van der Waals surface area contributed by atoms with E-state index in [2.05, 4.69) is 31.9 Å².